The maximum atomic E-state index is 11.6. The lowest BCUT2D eigenvalue weighted by Crippen LogP contribution is -2.23. The summed E-state index contributed by atoms with van der Waals surface area (Å²) in [7, 11) is 0. The van der Waals surface area contributed by atoms with Crippen molar-refractivity contribution >= 4 is 5.91 Å². The van der Waals surface area contributed by atoms with Gasteiger partial charge in [0.2, 0.25) is 0 Å². The third kappa shape index (κ3) is 2.60. The molecule has 0 radical (unpaired) electrons. The monoisotopic (exact) mass is 228 g/mol. The van der Waals surface area contributed by atoms with Crippen molar-refractivity contribution < 1.29 is 9.32 Å². The first-order valence-corrected chi connectivity index (χ1v) is 5.22. The quantitative estimate of drug-likeness (QED) is 0.816. The van der Waals surface area contributed by atoms with Gasteiger partial charge in [-0.05, 0) is 0 Å². The molecule has 0 aliphatic heterocycles. The molecule has 86 valence electrons. The van der Waals surface area contributed by atoms with Gasteiger partial charge in [0, 0.05) is 18.2 Å². The van der Waals surface area contributed by atoms with E-state index in [-0.39, 0.29) is 11.6 Å². The van der Waals surface area contributed by atoms with Crippen molar-refractivity contribution in [1.29, 1.82) is 0 Å². The number of aromatic nitrogens is 1. The minimum atomic E-state index is -0.268. The van der Waals surface area contributed by atoms with E-state index >= 15 is 0 Å². The normalized spacial score (nSPS) is 9.88. The summed E-state index contributed by atoms with van der Waals surface area (Å²) in [6.07, 6.45) is 1.61. The molecule has 0 spiro atoms. The summed E-state index contributed by atoms with van der Waals surface area (Å²) in [6, 6.07) is 11.1. The van der Waals surface area contributed by atoms with E-state index in [2.05, 4.69) is 17.1 Å². The van der Waals surface area contributed by atoms with Gasteiger partial charge in [0.25, 0.3) is 5.91 Å². The smallest absolute Gasteiger partial charge is 0.273 e. The number of hydrogen-bond acceptors (Lipinski definition) is 3. The topological polar surface area (TPSA) is 55.1 Å². The van der Waals surface area contributed by atoms with Crippen molar-refractivity contribution in [3.05, 3.63) is 54.7 Å². The third-order valence-electron chi connectivity index (χ3n) is 2.21. The Kier molecular flexibility index (Phi) is 3.35. The predicted molar refractivity (Wildman–Crippen MR) is 64.5 cm³/mol. The second-order valence-corrected chi connectivity index (χ2v) is 3.44. The van der Waals surface area contributed by atoms with Gasteiger partial charge in [0.1, 0.15) is 0 Å². The standard InChI is InChI=1S/C13H12N2O2/c1-2-8-14-13(16)11-9-12(17-15-11)10-6-4-3-5-7-10/h2-7,9H,1,8H2,(H,14,16). The zero-order chi connectivity index (χ0) is 12.1. The van der Waals surface area contributed by atoms with Crippen LogP contribution < -0.4 is 5.32 Å². The molecule has 0 saturated carbocycles. The molecule has 1 N–H and O–H groups in total. The van der Waals surface area contributed by atoms with E-state index in [1.807, 2.05) is 30.3 Å². The molecule has 17 heavy (non-hydrogen) atoms. The fourth-order valence-electron chi connectivity index (χ4n) is 1.38. The van der Waals surface area contributed by atoms with Crippen LogP contribution in [0.1, 0.15) is 10.5 Å². The van der Waals surface area contributed by atoms with Gasteiger partial charge >= 0.3 is 0 Å². The highest BCUT2D eigenvalue weighted by Crippen LogP contribution is 2.19. The van der Waals surface area contributed by atoms with Crippen molar-refractivity contribution in [2.75, 3.05) is 6.54 Å². The largest absolute Gasteiger partial charge is 0.355 e. The number of benzene rings is 1. The van der Waals surface area contributed by atoms with Gasteiger partial charge in [-0.2, -0.15) is 0 Å². The molecule has 0 bridgehead atoms. The van der Waals surface area contributed by atoms with Crippen LogP contribution in [0.25, 0.3) is 11.3 Å². The van der Waals surface area contributed by atoms with Crippen LogP contribution in [-0.4, -0.2) is 17.6 Å². The average Bonchev–Trinajstić information content (AvgIpc) is 2.86. The Bertz CT molecular complexity index is 517. The van der Waals surface area contributed by atoms with Crippen LogP contribution in [0.3, 0.4) is 0 Å². The SMILES string of the molecule is C=CCNC(=O)c1cc(-c2ccccc2)on1. The van der Waals surface area contributed by atoms with E-state index in [1.165, 1.54) is 0 Å². The lowest BCUT2D eigenvalue weighted by atomic mass is 10.1. The summed E-state index contributed by atoms with van der Waals surface area (Å²) in [5.74, 6) is 0.310. The highest BCUT2D eigenvalue weighted by atomic mass is 16.5. The Morgan fingerprint density at radius 3 is 2.88 bits per heavy atom. The van der Waals surface area contributed by atoms with E-state index in [9.17, 15) is 4.79 Å². The third-order valence-corrected chi connectivity index (χ3v) is 2.21. The first-order valence-electron chi connectivity index (χ1n) is 5.22. The molecular weight excluding hydrogens is 216 g/mol. The summed E-state index contributed by atoms with van der Waals surface area (Å²) in [5, 5.41) is 6.36. The van der Waals surface area contributed by atoms with Gasteiger partial charge in [-0.15, -0.1) is 6.58 Å². The van der Waals surface area contributed by atoms with Crippen LogP contribution >= 0.6 is 0 Å². The number of nitrogens with one attached hydrogen (secondary N) is 1. The number of hydrogen-bond donors (Lipinski definition) is 1. The Morgan fingerprint density at radius 2 is 2.18 bits per heavy atom. The summed E-state index contributed by atoms with van der Waals surface area (Å²) in [4.78, 5) is 11.6. The lowest BCUT2D eigenvalue weighted by molar-refractivity contribution is 0.0949. The van der Waals surface area contributed by atoms with Crippen LogP contribution in [-0.2, 0) is 0 Å². The zero-order valence-electron chi connectivity index (χ0n) is 9.22. The van der Waals surface area contributed by atoms with Crippen LogP contribution in [0, 0.1) is 0 Å². The highest BCUT2D eigenvalue weighted by molar-refractivity contribution is 5.93. The summed E-state index contributed by atoms with van der Waals surface area (Å²) >= 11 is 0. The lowest BCUT2D eigenvalue weighted by Gasteiger charge is -1.95. The molecule has 0 aliphatic rings. The van der Waals surface area contributed by atoms with E-state index in [1.54, 1.807) is 12.1 Å². The molecule has 0 aliphatic carbocycles. The molecule has 0 fully saturated rings. The maximum absolute atomic E-state index is 11.6. The minimum Gasteiger partial charge on any atom is -0.355 e. The Morgan fingerprint density at radius 1 is 1.41 bits per heavy atom. The number of carbonyl (C=O) groups is 1. The van der Waals surface area contributed by atoms with Gasteiger partial charge in [-0.3, -0.25) is 4.79 Å². The van der Waals surface area contributed by atoms with E-state index < -0.39 is 0 Å². The summed E-state index contributed by atoms with van der Waals surface area (Å²) < 4.78 is 5.12. The van der Waals surface area contributed by atoms with Gasteiger partial charge < -0.3 is 9.84 Å². The van der Waals surface area contributed by atoms with Crippen LogP contribution in [0.2, 0.25) is 0 Å². The van der Waals surface area contributed by atoms with Crippen LogP contribution in [0.4, 0.5) is 0 Å². The van der Waals surface area contributed by atoms with Gasteiger partial charge in [-0.1, -0.05) is 41.6 Å². The van der Waals surface area contributed by atoms with E-state index in [4.69, 9.17) is 4.52 Å². The molecule has 1 amide bonds. The Labute approximate surface area is 98.9 Å². The molecule has 1 aromatic heterocycles. The minimum absolute atomic E-state index is 0.268. The maximum Gasteiger partial charge on any atom is 0.273 e. The van der Waals surface area contributed by atoms with Crippen LogP contribution in [0.5, 0.6) is 0 Å². The molecule has 0 saturated heterocycles. The molecule has 1 aromatic carbocycles. The van der Waals surface area contributed by atoms with Crippen molar-refractivity contribution in [2.24, 2.45) is 0 Å². The predicted octanol–water partition coefficient (Wildman–Crippen LogP) is 2.26. The van der Waals surface area contributed by atoms with E-state index in [0.717, 1.165) is 5.56 Å². The second-order valence-electron chi connectivity index (χ2n) is 3.44. The summed E-state index contributed by atoms with van der Waals surface area (Å²) in [5.41, 5.74) is 1.16. The Hall–Kier alpha value is -2.36. The fraction of sp³-hybridized carbons (Fsp3) is 0.0769. The van der Waals surface area contributed by atoms with Crippen molar-refractivity contribution in [2.45, 2.75) is 0 Å². The van der Waals surface area contributed by atoms with Gasteiger partial charge in [-0.25, -0.2) is 0 Å². The van der Waals surface area contributed by atoms with E-state index in [0.29, 0.717) is 12.3 Å². The fourth-order valence-corrected chi connectivity index (χ4v) is 1.38. The van der Waals surface area contributed by atoms with Crippen molar-refractivity contribution in [3.8, 4) is 11.3 Å². The number of carbonyl (C=O) groups excluding carboxylic acids is 1. The molecule has 4 nitrogen and oxygen atoms in total. The molecule has 4 heteroatoms. The van der Waals surface area contributed by atoms with Gasteiger partial charge in [0.05, 0.1) is 0 Å². The zero-order valence-corrected chi connectivity index (χ0v) is 9.22. The number of nitrogens with zero attached hydrogens (tertiary/aromatic N) is 1. The van der Waals surface area contributed by atoms with Crippen LogP contribution in [0.15, 0.2) is 53.6 Å². The summed E-state index contributed by atoms with van der Waals surface area (Å²) in [6.45, 7) is 3.93. The van der Waals surface area contributed by atoms with Gasteiger partial charge in [0.15, 0.2) is 11.5 Å². The highest BCUT2D eigenvalue weighted by Gasteiger charge is 2.12. The molecule has 2 aromatic rings. The Balaban J connectivity index is 2.16. The molecule has 2 rings (SSSR count). The molecule has 0 atom stereocenters. The molecule has 0 unspecified atom stereocenters. The number of rotatable bonds is 4. The number of amides is 1. The average molecular weight is 228 g/mol. The first kappa shape index (κ1) is 11.1. The second kappa shape index (κ2) is 5.12. The first-order chi connectivity index (χ1) is 8.31. The van der Waals surface area contributed by atoms with Crippen molar-refractivity contribution in [1.82, 2.24) is 10.5 Å². The molecule has 1 heterocycles. The van der Waals surface area contributed by atoms with Crippen molar-refractivity contribution in [3.63, 3.8) is 0 Å². The molecular formula is C13H12N2O2.